The Labute approximate surface area is 166 Å². The molecule has 0 bridgehead atoms. The average Bonchev–Trinajstić information content (AvgIpc) is 3.01. The van der Waals surface area contributed by atoms with Crippen LogP contribution in [0, 0.1) is 0 Å². The van der Waals surface area contributed by atoms with Crippen molar-refractivity contribution in [1.29, 1.82) is 0 Å². The zero-order valence-electron chi connectivity index (χ0n) is 16.1. The summed E-state index contributed by atoms with van der Waals surface area (Å²) in [6.45, 7) is 4.01. The Morgan fingerprint density at radius 3 is 2.68 bits per heavy atom. The molecule has 1 aromatic heterocycles. The molecular formula is C23H26N4O. The number of carbonyl (C=O) groups excluding carboxylic acids is 1. The highest BCUT2D eigenvalue weighted by Crippen LogP contribution is 2.17. The number of anilines is 1. The number of hydrogen-bond acceptors (Lipinski definition) is 3. The molecule has 1 N–H and O–H groups in total. The largest absolute Gasteiger partial charge is 0.370 e. The topological polar surface area (TPSA) is 48.5 Å². The number of fused-ring (bicyclic) bond motifs is 1. The van der Waals surface area contributed by atoms with E-state index in [2.05, 4.69) is 57.7 Å². The third-order valence-electron chi connectivity index (χ3n) is 5.29. The van der Waals surface area contributed by atoms with Gasteiger partial charge in [-0.15, -0.1) is 0 Å². The minimum atomic E-state index is 0.0307. The van der Waals surface area contributed by atoms with E-state index < -0.39 is 0 Å². The molecule has 0 spiro atoms. The van der Waals surface area contributed by atoms with Crippen LogP contribution in [0.1, 0.15) is 12.0 Å². The van der Waals surface area contributed by atoms with Gasteiger partial charge in [0.15, 0.2) is 0 Å². The zero-order valence-corrected chi connectivity index (χ0v) is 16.1. The van der Waals surface area contributed by atoms with Crippen LogP contribution in [0.5, 0.6) is 0 Å². The van der Waals surface area contributed by atoms with Gasteiger partial charge in [0, 0.05) is 50.0 Å². The third kappa shape index (κ3) is 4.25. The first kappa shape index (κ1) is 18.3. The molecule has 1 aliphatic heterocycles. The number of amides is 2. The Morgan fingerprint density at radius 1 is 0.929 bits per heavy atom. The number of rotatable bonds is 4. The van der Waals surface area contributed by atoms with Crippen LogP contribution in [0.2, 0.25) is 0 Å². The molecule has 3 aromatic rings. The van der Waals surface area contributed by atoms with Crippen LogP contribution >= 0.6 is 0 Å². The van der Waals surface area contributed by atoms with Gasteiger partial charge in [0.25, 0.3) is 0 Å². The van der Waals surface area contributed by atoms with Gasteiger partial charge in [-0.3, -0.25) is 4.98 Å². The van der Waals surface area contributed by atoms with Gasteiger partial charge in [0.2, 0.25) is 0 Å². The minimum absolute atomic E-state index is 0.0307. The second kappa shape index (κ2) is 8.74. The van der Waals surface area contributed by atoms with Gasteiger partial charge in [-0.05, 0) is 36.6 Å². The molecule has 28 heavy (non-hydrogen) atoms. The van der Waals surface area contributed by atoms with Crippen molar-refractivity contribution >= 4 is 22.6 Å². The van der Waals surface area contributed by atoms with Crippen molar-refractivity contribution in [2.75, 3.05) is 37.6 Å². The minimum Gasteiger partial charge on any atom is -0.370 e. The maximum absolute atomic E-state index is 12.6. The van der Waals surface area contributed by atoms with Gasteiger partial charge in [-0.2, -0.15) is 0 Å². The summed E-state index contributed by atoms with van der Waals surface area (Å²) in [6.07, 6.45) is 3.58. The van der Waals surface area contributed by atoms with Crippen molar-refractivity contribution in [3.05, 3.63) is 72.4 Å². The van der Waals surface area contributed by atoms with E-state index in [1.165, 1.54) is 11.3 Å². The average molecular weight is 374 g/mol. The molecule has 2 heterocycles. The van der Waals surface area contributed by atoms with Gasteiger partial charge < -0.3 is 15.1 Å². The van der Waals surface area contributed by atoms with Crippen LogP contribution in [0.25, 0.3) is 10.9 Å². The first-order valence-electron chi connectivity index (χ1n) is 9.97. The number of aromatic nitrogens is 1. The van der Waals surface area contributed by atoms with Crippen molar-refractivity contribution < 1.29 is 4.79 Å². The molecule has 4 rings (SSSR count). The van der Waals surface area contributed by atoms with Crippen molar-refractivity contribution in [2.45, 2.75) is 12.8 Å². The fourth-order valence-electron chi connectivity index (χ4n) is 3.80. The van der Waals surface area contributed by atoms with Gasteiger partial charge >= 0.3 is 6.03 Å². The Kier molecular flexibility index (Phi) is 5.71. The number of pyridine rings is 1. The highest BCUT2D eigenvalue weighted by Gasteiger charge is 2.19. The molecule has 0 atom stereocenters. The van der Waals surface area contributed by atoms with Crippen LogP contribution in [0.15, 0.2) is 66.9 Å². The lowest BCUT2D eigenvalue weighted by atomic mass is 10.1. The van der Waals surface area contributed by atoms with E-state index in [1.807, 2.05) is 29.3 Å². The molecule has 1 aliphatic rings. The Bertz CT molecular complexity index is 923. The van der Waals surface area contributed by atoms with E-state index in [0.29, 0.717) is 6.54 Å². The highest BCUT2D eigenvalue weighted by molar-refractivity contribution is 5.81. The van der Waals surface area contributed by atoms with Crippen LogP contribution in [0.3, 0.4) is 0 Å². The van der Waals surface area contributed by atoms with Gasteiger partial charge in [0.1, 0.15) is 0 Å². The number of nitrogens with zero attached hydrogens (tertiary/aromatic N) is 3. The number of nitrogens with one attached hydrogen (secondary N) is 1. The summed E-state index contributed by atoms with van der Waals surface area (Å²) in [4.78, 5) is 21.4. The zero-order chi connectivity index (χ0) is 19.2. The highest BCUT2D eigenvalue weighted by atomic mass is 16.2. The second-order valence-electron chi connectivity index (χ2n) is 7.14. The Balaban J connectivity index is 1.30. The summed E-state index contributed by atoms with van der Waals surface area (Å²) in [6, 6.07) is 20.7. The standard InChI is InChI=1S/C23H26N4O/c28-23(25-14-12-20-8-4-7-19-9-5-13-24-22(19)20)27-16-6-15-26(17-18-27)21-10-2-1-3-11-21/h1-5,7-11,13H,6,12,14-18H2,(H,25,28). The predicted molar refractivity (Wildman–Crippen MR) is 114 cm³/mol. The van der Waals surface area contributed by atoms with Crippen LogP contribution in [0.4, 0.5) is 10.5 Å². The normalized spacial score (nSPS) is 14.7. The second-order valence-corrected chi connectivity index (χ2v) is 7.14. The Morgan fingerprint density at radius 2 is 1.79 bits per heavy atom. The van der Waals surface area contributed by atoms with Crippen LogP contribution in [-0.4, -0.2) is 48.6 Å². The van der Waals surface area contributed by atoms with E-state index in [1.54, 1.807) is 0 Å². The molecule has 1 fully saturated rings. The van der Waals surface area contributed by atoms with Crippen LogP contribution < -0.4 is 10.2 Å². The molecule has 5 nitrogen and oxygen atoms in total. The molecular weight excluding hydrogens is 348 g/mol. The smallest absolute Gasteiger partial charge is 0.317 e. The van der Waals surface area contributed by atoms with Gasteiger partial charge in [0.05, 0.1) is 5.52 Å². The lowest BCUT2D eigenvalue weighted by Gasteiger charge is -2.24. The van der Waals surface area contributed by atoms with Crippen LogP contribution in [-0.2, 0) is 6.42 Å². The van der Waals surface area contributed by atoms with Crippen molar-refractivity contribution in [3.8, 4) is 0 Å². The quantitative estimate of drug-likeness (QED) is 0.758. The fraction of sp³-hybridized carbons (Fsp3) is 0.304. The SMILES string of the molecule is O=C(NCCc1cccc2cccnc12)N1CCCN(c2ccccc2)CC1. The summed E-state index contributed by atoms with van der Waals surface area (Å²) >= 11 is 0. The van der Waals surface area contributed by atoms with Gasteiger partial charge in [-0.25, -0.2) is 4.79 Å². The van der Waals surface area contributed by atoms with E-state index in [0.717, 1.165) is 49.9 Å². The van der Waals surface area contributed by atoms with Crippen molar-refractivity contribution in [3.63, 3.8) is 0 Å². The molecule has 2 amide bonds. The molecule has 0 saturated carbocycles. The van der Waals surface area contributed by atoms with Crippen molar-refractivity contribution in [2.24, 2.45) is 0 Å². The number of hydrogen-bond donors (Lipinski definition) is 1. The van der Waals surface area contributed by atoms with E-state index in [4.69, 9.17) is 0 Å². The first-order chi connectivity index (χ1) is 13.8. The fourth-order valence-corrected chi connectivity index (χ4v) is 3.80. The molecule has 0 unspecified atom stereocenters. The molecule has 5 heteroatoms. The summed E-state index contributed by atoms with van der Waals surface area (Å²) in [5.41, 5.74) is 3.42. The maximum atomic E-state index is 12.6. The molecule has 0 radical (unpaired) electrons. The van der Waals surface area contributed by atoms with E-state index in [9.17, 15) is 4.79 Å². The number of para-hydroxylation sites is 2. The summed E-state index contributed by atoms with van der Waals surface area (Å²) < 4.78 is 0. The third-order valence-corrected chi connectivity index (χ3v) is 5.29. The number of urea groups is 1. The van der Waals surface area contributed by atoms with E-state index >= 15 is 0 Å². The molecule has 1 saturated heterocycles. The molecule has 0 aliphatic carbocycles. The summed E-state index contributed by atoms with van der Waals surface area (Å²) in [7, 11) is 0. The lowest BCUT2D eigenvalue weighted by Crippen LogP contribution is -2.42. The van der Waals surface area contributed by atoms with E-state index in [-0.39, 0.29) is 6.03 Å². The molecule has 144 valence electrons. The summed E-state index contributed by atoms with van der Waals surface area (Å²) in [5.74, 6) is 0. The van der Waals surface area contributed by atoms with Gasteiger partial charge in [-0.1, -0.05) is 42.5 Å². The Hall–Kier alpha value is -3.08. The molecule has 2 aromatic carbocycles. The first-order valence-corrected chi connectivity index (χ1v) is 9.97. The predicted octanol–water partition coefficient (Wildman–Crippen LogP) is 3.70. The van der Waals surface area contributed by atoms with Crippen molar-refractivity contribution in [1.82, 2.24) is 15.2 Å². The lowest BCUT2D eigenvalue weighted by molar-refractivity contribution is 0.201. The summed E-state index contributed by atoms with van der Waals surface area (Å²) in [5, 5.41) is 4.23. The maximum Gasteiger partial charge on any atom is 0.317 e. The number of carbonyl (C=O) groups is 1. The monoisotopic (exact) mass is 374 g/mol. The number of benzene rings is 2.